The number of unbranched alkanes of at least 4 members (excludes halogenated alkanes) is 5. The molecule has 0 bridgehead atoms. The molecule has 2 aliphatic heterocycles. The van der Waals surface area contributed by atoms with Crippen LogP contribution >= 0.6 is 0 Å². The lowest BCUT2D eigenvalue weighted by atomic mass is 9.95. The van der Waals surface area contributed by atoms with Crippen molar-refractivity contribution in [1.82, 2.24) is 9.80 Å². The third kappa shape index (κ3) is 5.82. The number of likely N-dealkylation sites (tertiary alicyclic amines) is 2. The van der Waals surface area contributed by atoms with Gasteiger partial charge in [0.05, 0.1) is 0 Å². The van der Waals surface area contributed by atoms with E-state index in [9.17, 15) is 9.59 Å². The molecule has 2 amide bonds. The monoisotopic (exact) mass is 322 g/mol. The molecule has 4 nitrogen and oxygen atoms in total. The maximum Gasteiger partial charge on any atom is 0.225 e. The van der Waals surface area contributed by atoms with Gasteiger partial charge in [0.2, 0.25) is 11.8 Å². The highest BCUT2D eigenvalue weighted by atomic mass is 16.2. The first kappa shape index (κ1) is 18.3. The van der Waals surface area contributed by atoms with Crippen LogP contribution in [0, 0.1) is 5.92 Å². The molecule has 0 aromatic rings. The van der Waals surface area contributed by atoms with E-state index in [-0.39, 0.29) is 5.92 Å². The van der Waals surface area contributed by atoms with Crippen molar-refractivity contribution in [2.75, 3.05) is 26.2 Å². The summed E-state index contributed by atoms with van der Waals surface area (Å²) in [6, 6.07) is 0. The standard InChI is InChI=1S/C19H34N2O2/c1-2-3-4-5-6-7-10-18(22)20-15-11-17(12-16-20)19(23)21-13-8-9-14-21/h17H,2-16H2,1H3. The Bertz CT molecular complexity index is 370. The zero-order chi connectivity index (χ0) is 16.5. The van der Waals surface area contributed by atoms with Crippen molar-refractivity contribution < 1.29 is 9.59 Å². The van der Waals surface area contributed by atoms with E-state index in [0.717, 1.165) is 58.3 Å². The molecule has 2 rings (SSSR count). The van der Waals surface area contributed by atoms with Gasteiger partial charge in [-0.1, -0.05) is 39.0 Å². The van der Waals surface area contributed by atoms with E-state index in [1.165, 1.54) is 32.1 Å². The normalized spacial score (nSPS) is 19.3. The van der Waals surface area contributed by atoms with Crippen LogP contribution in [0.2, 0.25) is 0 Å². The molecule has 0 N–H and O–H groups in total. The minimum absolute atomic E-state index is 0.159. The minimum Gasteiger partial charge on any atom is -0.343 e. The average molecular weight is 322 g/mol. The smallest absolute Gasteiger partial charge is 0.225 e. The summed E-state index contributed by atoms with van der Waals surface area (Å²) in [7, 11) is 0. The molecule has 23 heavy (non-hydrogen) atoms. The minimum atomic E-state index is 0.159. The molecular weight excluding hydrogens is 288 g/mol. The van der Waals surface area contributed by atoms with Crippen molar-refractivity contribution in [3.05, 3.63) is 0 Å². The molecule has 0 unspecified atom stereocenters. The fourth-order valence-corrected chi connectivity index (χ4v) is 3.79. The highest BCUT2D eigenvalue weighted by Crippen LogP contribution is 2.22. The van der Waals surface area contributed by atoms with Crippen LogP contribution in [0.3, 0.4) is 0 Å². The number of rotatable bonds is 8. The van der Waals surface area contributed by atoms with Crippen LogP contribution in [0.4, 0.5) is 0 Å². The van der Waals surface area contributed by atoms with E-state index in [0.29, 0.717) is 18.2 Å². The van der Waals surface area contributed by atoms with Gasteiger partial charge in [-0.25, -0.2) is 0 Å². The topological polar surface area (TPSA) is 40.6 Å². The zero-order valence-electron chi connectivity index (χ0n) is 14.9. The lowest BCUT2D eigenvalue weighted by Crippen LogP contribution is -2.43. The Labute approximate surface area is 141 Å². The molecule has 0 atom stereocenters. The number of carbonyl (C=O) groups is 2. The Hall–Kier alpha value is -1.06. The van der Waals surface area contributed by atoms with E-state index in [1.54, 1.807) is 0 Å². The van der Waals surface area contributed by atoms with Crippen molar-refractivity contribution in [2.45, 2.75) is 77.6 Å². The predicted octanol–water partition coefficient (Wildman–Crippen LogP) is 3.60. The highest BCUT2D eigenvalue weighted by Gasteiger charge is 2.30. The average Bonchev–Trinajstić information content (AvgIpc) is 3.12. The SMILES string of the molecule is CCCCCCCCC(=O)N1CCC(C(=O)N2CCCC2)CC1. The lowest BCUT2D eigenvalue weighted by Gasteiger charge is -2.33. The molecule has 2 heterocycles. The van der Waals surface area contributed by atoms with Crippen LogP contribution in [0.1, 0.15) is 77.6 Å². The van der Waals surface area contributed by atoms with Gasteiger partial charge in [-0.05, 0) is 32.1 Å². The Morgan fingerprint density at radius 2 is 1.43 bits per heavy atom. The molecule has 4 heteroatoms. The van der Waals surface area contributed by atoms with Gasteiger partial charge in [-0.2, -0.15) is 0 Å². The van der Waals surface area contributed by atoms with Crippen LogP contribution in [-0.4, -0.2) is 47.8 Å². The molecule has 2 fully saturated rings. The summed E-state index contributed by atoms with van der Waals surface area (Å²) in [5, 5.41) is 0. The predicted molar refractivity (Wildman–Crippen MR) is 93.1 cm³/mol. The van der Waals surface area contributed by atoms with Gasteiger partial charge in [-0.15, -0.1) is 0 Å². The molecular formula is C19H34N2O2. The molecule has 0 aromatic heterocycles. The zero-order valence-corrected chi connectivity index (χ0v) is 14.9. The number of piperidine rings is 1. The number of amides is 2. The Morgan fingerprint density at radius 1 is 0.826 bits per heavy atom. The van der Waals surface area contributed by atoms with Crippen molar-refractivity contribution in [3.63, 3.8) is 0 Å². The van der Waals surface area contributed by atoms with Crippen LogP contribution < -0.4 is 0 Å². The first-order chi connectivity index (χ1) is 11.2. The highest BCUT2D eigenvalue weighted by molar-refractivity contribution is 5.80. The summed E-state index contributed by atoms with van der Waals surface area (Å²) >= 11 is 0. The lowest BCUT2D eigenvalue weighted by molar-refractivity contribution is -0.140. The number of carbonyl (C=O) groups excluding carboxylic acids is 2. The van der Waals surface area contributed by atoms with Gasteiger partial charge in [0.15, 0.2) is 0 Å². The fraction of sp³-hybridized carbons (Fsp3) is 0.895. The molecule has 0 spiro atoms. The van der Waals surface area contributed by atoms with Gasteiger partial charge in [-0.3, -0.25) is 9.59 Å². The Kier molecular flexibility index (Phi) is 7.90. The first-order valence-electron chi connectivity index (χ1n) is 9.79. The van der Waals surface area contributed by atoms with Crippen molar-refractivity contribution in [2.24, 2.45) is 5.92 Å². The summed E-state index contributed by atoms with van der Waals surface area (Å²) < 4.78 is 0. The summed E-state index contributed by atoms with van der Waals surface area (Å²) in [5.74, 6) is 0.796. The largest absolute Gasteiger partial charge is 0.343 e. The summed E-state index contributed by atoms with van der Waals surface area (Å²) in [4.78, 5) is 28.7. The van der Waals surface area contributed by atoms with Gasteiger partial charge < -0.3 is 9.80 Å². The van der Waals surface area contributed by atoms with E-state index in [4.69, 9.17) is 0 Å². The molecule has 2 aliphatic rings. The van der Waals surface area contributed by atoms with Gasteiger partial charge in [0.25, 0.3) is 0 Å². The van der Waals surface area contributed by atoms with Gasteiger partial charge in [0, 0.05) is 38.5 Å². The van der Waals surface area contributed by atoms with Gasteiger partial charge >= 0.3 is 0 Å². The van der Waals surface area contributed by atoms with Crippen LogP contribution in [0.5, 0.6) is 0 Å². The summed E-state index contributed by atoms with van der Waals surface area (Å²) in [6.45, 7) is 5.66. The molecule has 132 valence electrons. The number of nitrogens with zero attached hydrogens (tertiary/aromatic N) is 2. The third-order valence-electron chi connectivity index (χ3n) is 5.36. The van der Waals surface area contributed by atoms with E-state index < -0.39 is 0 Å². The number of hydrogen-bond donors (Lipinski definition) is 0. The van der Waals surface area contributed by atoms with Crippen molar-refractivity contribution in [1.29, 1.82) is 0 Å². The van der Waals surface area contributed by atoms with Crippen LogP contribution in [0.15, 0.2) is 0 Å². The maximum atomic E-state index is 12.4. The van der Waals surface area contributed by atoms with E-state index >= 15 is 0 Å². The summed E-state index contributed by atoms with van der Waals surface area (Å²) in [6.07, 6.45) is 12.1. The second-order valence-corrected chi connectivity index (χ2v) is 7.21. The second-order valence-electron chi connectivity index (χ2n) is 7.21. The maximum absolute atomic E-state index is 12.4. The molecule has 0 saturated carbocycles. The van der Waals surface area contributed by atoms with Gasteiger partial charge in [0.1, 0.15) is 0 Å². The third-order valence-corrected chi connectivity index (χ3v) is 5.36. The molecule has 0 aromatic carbocycles. The van der Waals surface area contributed by atoms with E-state index in [1.807, 2.05) is 9.80 Å². The molecule has 0 aliphatic carbocycles. The molecule has 2 saturated heterocycles. The number of hydrogen-bond acceptors (Lipinski definition) is 2. The Balaban J connectivity index is 1.59. The first-order valence-corrected chi connectivity index (χ1v) is 9.79. The molecule has 0 radical (unpaired) electrons. The Morgan fingerprint density at radius 3 is 2.09 bits per heavy atom. The van der Waals surface area contributed by atoms with Crippen molar-refractivity contribution in [3.8, 4) is 0 Å². The van der Waals surface area contributed by atoms with Crippen LogP contribution in [-0.2, 0) is 9.59 Å². The van der Waals surface area contributed by atoms with Crippen LogP contribution in [0.25, 0.3) is 0 Å². The summed E-state index contributed by atoms with van der Waals surface area (Å²) in [5.41, 5.74) is 0. The second kappa shape index (κ2) is 9.94. The quantitative estimate of drug-likeness (QED) is 0.641. The fourth-order valence-electron chi connectivity index (χ4n) is 3.79. The van der Waals surface area contributed by atoms with E-state index in [2.05, 4.69) is 6.92 Å². The van der Waals surface area contributed by atoms with Crippen molar-refractivity contribution >= 4 is 11.8 Å².